The second-order valence-electron chi connectivity index (χ2n) is 4.75. The first-order chi connectivity index (χ1) is 8.66. The molecule has 1 unspecified atom stereocenters. The minimum atomic E-state index is -0.457. The molecule has 0 saturated carbocycles. The Bertz CT molecular complexity index is 422. The Morgan fingerprint density at radius 1 is 1.44 bits per heavy atom. The van der Waals surface area contributed by atoms with Gasteiger partial charge in [-0.25, -0.2) is 4.39 Å². The van der Waals surface area contributed by atoms with E-state index in [1.807, 2.05) is 0 Å². The fraction of sp³-hybridized carbons (Fsp3) is 0.500. The summed E-state index contributed by atoms with van der Waals surface area (Å²) in [6.07, 6.45) is 1.79. The molecule has 1 N–H and O–H groups in total. The number of piperidine rings is 1. The first-order valence-electron chi connectivity index (χ1n) is 6.35. The van der Waals surface area contributed by atoms with Crippen LogP contribution < -0.4 is 0 Å². The maximum absolute atomic E-state index is 13.4. The Kier molecular flexibility index (Phi) is 4.44. The summed E-state index contributed by atoms with van der Waals surface area (Å²) in [4.78, 5) is 13.9. The van der Waals surface area contributed by atoms with E-state index in [0.29, 0.717) is 19.5 Å². The van der Waals surface area contributed by atoms with Crippen molar-refractivity contribution in [3.8, 4) is 0 Å². The fourth-order valence-electron chi connectivity index (χ4n) is 2.32. The zero-order valence-electron chi connectivity index (χ0n) is 10.3. The molecule has 0 spiro atoms. The summed E-state index contributed by atoms with van der Waals surface area (Å²) in [5.74, 6) is -0.630. The number of benzene rings is 1. The highest BCUT2D eigenvalue weighted by Crippen LogP contribution is 2.13. The van der Waals surface area contributed by atoms with E-state index in [2.05, 4.69) is 4.90 Å². The average molecular weight is 251 g/mol. The molecule has 1 aromatic rings. The van der Waals surface area contributed by atoms with Gasteiger partial charge < -0.3 is 10.0 Å². The Morgan fingerprint density at radius 2 is 2.22 bits per heavy atom. The van der Waals surface area contributed by atoms with E-state index in [0.717, 1.165) is 19.4 Å². The second kappa shape index (κ2) is 6.07. The molecule has 1 aliphatic heterocycles. The van der Waals surface area contributed by atoms with Crippen LogP contribution in [0.3, 0.4) is 0 Å². The SMILES string of the molecule is O=C(CCN1CCCC(O)C1)c1ccccc1F. The quantitative estimate of drug-likeness (QED) is 0.830. The van der Waals surface area contributed by atoms with E-state index in [1.54, 1.807) is 12.1 Å². The molecule has 4 heteroatoms. The van der Waals surface area contributed by atoms with Gasteiger partial charge in [-0.15, -0.1) is 0 Å². The summed E-state index contributed by atoms with van der Waals surface area (Å²) in [6.45, 7) is 2.11. The lowest BCUT2D eigenvalue weighted by Gasteiger charge is -2.29. The number of Topliss-reactive ketones (excluding diaryl/α,β-unsaturated/α-hetero) is 1. The zero-order chi connectivity index (χ0) is 13.0. The average Bonchev–Trinajstić information content (AvgIpc) is 2.37. The van der Waals surface area contributed by atoms with Crippen LogP contribution in [0.25, 0.3) is 0 Å². The predicted molar refractivity (Wildman–Crippen MR) is 67.0 cm³/mol. The third-order valence-electron chi connectivity index (χ3n) is 3.31. The molecule has 1 aliphatic rings. The van der Waals surface area contributed by atoms with Crippen LogP contribution in [-0.2, 0) is 0 Å². The van der Waals surface area contributed by atoms with Crippen LogP contribution >= 0.6 is 0 Å². The monoisotopic (exact) mass is 251 g/mol. The first kappa shape index (κ1) is 13.2. The highest BCUT2D eigenvalue weighted by atomic mass is 19.1. The third-order valence-corrected chi connectivity index (χ3v) is 3.31. The van der Waals surface area contributed by atoms with Crippen molar-refractivity contribution in [2.45, 2.75) is 25.4 Å². The largest absolute Gasteiger partial charge is 0.392 e. The normalized spacial score (nSPS) is 20.9. The van der Waals surface area contributed by atoms with Gasteiger partial charge in [-0.3, -0.25) is 4.79 Å². The van der Waals surface area contributed by atoms with Crippen molar-refractivity contribution in [3.05, 3.63) is 35.6 Å². The zero-order valence-corrected chi connectivity index (χ0v) is 10.3. The Hall–Kier alpha value is -1.26. The topological polar surface area (TPSA) is 40.5 Å². The van der Waals surface area contributed by atoms with Gasteiger partial charge in [0.15, 0.2) is 5.78 Å². The number of carbonyl (C=O) groups excluding carboxylic acids is 1. The molecule has 2 rings (SSSR count). The predicted octanol–water partition coefficient (Wildman–Crippen LogP) is 1.86. The van der Waals surface area contributed by atoms with Gasteiger partial charge in [0.05, 0.1) is 11.7 Å². The van der Waals surface area contributed by atoms with Crippen LogP contribution in [0.15, 0.2) is 24.3 Å². The summed E-state index contributed by atoms with van der Waals surface area (Å²) < 4.78 is 13.4. The number of aliphatic hydroxyl groups excluding tert-OH is 1. The first-order valence-corrected chi connectivity index (χ1v) is 6.35. The molecule has 1 atom stereocenters. The Labute approximate surface area is 106 Å². The number of nitrogens with zero attached hydrogens (tertiary/aromatic N) is 1. The van der Waals surface area contributed by atoms with Crippen molar-refractivity contribution in [2.24, 2.45) is 0 Å². The van der Waals surface area contributed by atoms with Crippen molar-refractivity contribution in [1.82, 2.24) is 4.90 Å². The van der Waals surface area contributed by atoms with Crippen LogP contribution in [-0.4, -0.2) is 41.5 Å². The second-order valence-corrected chi connectivity index (χ2v) is 4.75. The van der Waals surface area contributed by atoms with Crippen molar-refractivity contribution in [2.75, 3.05) is 19.6 Å². The van der Waals surface area contributed by atoms with Gasteiger partial charge in [0.2, 0.25) is 0 Å². The number of rotatable bonds is 4. The van der Waals surface area contributed by atoms with Crippen molar-refractivity contribution < 1.29 is 14.3 Å². The number of likely N-dealkylation sites (tertiary alicyclic amines) is 1. The Morgan fingerprint density at radius 3 is 2.94 bits per heavy atom. The third kappa shape index (κ3) is 3.37. The highest BCUT2D eigenvalue weighted by Gasteiger charge is 2.19. The highest BCUT2D eigenvalue weighted by molar-refractivity contribution is 5.96. The number of hydrogen-bond donors (Lipinski definition) is 1. The minimum Gasteiger partial charge on any atom is -0.392 e. The lowest BCUT2D eigenvalue weighted by atomic mass is 10.1. The number of β-amino-alcohol motifs (C(OH)–C–C–N with tert-alkyl or cyclic N) is 1. The summed E-state index contributed by atoms with van der Waals surface area (Å²) in [7, 11) is 0. The molecule has 1 saturated heterocycles. The molecule has 0 aliphatic carbocycles. The standard InChI is InChI=1S/C14H18FNO2/c15-13-6-2-1-5-12(13)14(18)7-9-16-8-3-4-11(17)10-16/h1-2,5-6,11,17H,3-4,7-10H2. The molecule has 0 radical (unpaired) electrons. The van der Waals surface area contributed by atoms with Crippen LogP contribution in [0.5, 0.6) is 0 Å². The lowest BCUT2D eigenvalue weighted by molar-refractivity contribution is 0.0669. The van der Waals surface area contributed by atoms with Crippen molar-refractivity contribution in [3.63, 3.8) is 0 Å². The van der Waals surface area contributed by atoms with E-state index < -0.39 is 5.82 Å². The molecular formula is C14H18FNO2. The van der Waals surface area contributed by atoms with Gasteiger partial charge in [-0.1, -0.05) is 12.1 Å². The van der Waals surface area contributed by atoms with Gasteiger partial charge >= 0.3 is 0 Å². The number of aliphatic hydroxyl groups is 1. The van der Waals surface area contributed by atoms with Crippen molar-refractivity contribution in [1.29, 1.82) is 0 Å². The number of ketones is 1. The molecule has 1 aromatic carbocycles. The molecule has 18 heavy (non-hydrogen) atoms. The lowest BCUT2D eigenvalue weighted by Crippen LogP contribution is -2.39. The summed E-state index contributed by atoms with van der Waals surface area (Å²) >= 11 is 0. The van der Waals surface area contributed by atoms with Gasteiger partial charge in [0, 0.05) is 19.5 Å². The molecule has 3 nitrogen and oxygen atoms in total. The molecule has 98 valence electrons. The van der Waals surface area contributed by atoms with E-state index >= 15 is 0 Å². The van der Waals surface area contributed by atoms with E-state index in [9.17, 15) is 14.3 Å². The molecule has 0 aromatic heterocycles. The van der Waals surface area contributed by atoms with Gasteiger partial charge in [0.1, 0.15) is 5.82 Å². The van der Waals surface area contributed by atoms with E-state index in [4.69, 9.17) is 0 Å². The maximum Gasteiger partial charge on any atom is 0.167 e. The van der Waals surface area contributed by atoms with Crippen LogP contribution in [0.1, 0.15) is 29.6 Å². The van der Waals surface area contributed by atoms with Gasteiger partial charge in [-0.2, -0.15) is 0 Å². The molecule has 1 fully saturated rings. The van der Waals surface area contributed by atoms with E-state index in [-0.39, 0.29) is 17.5 Å². The maximum atomic E-state index is 13.4. The van der Waals surface area contributed by atoms with Crippen LogP contribution in [0.2, 0.25) is 0 Å². The number of halogens is 1. The Balaban J connectivity index is 1.87. The number of hydrogen-bond acceptors (Lipinski definition) is 3. The molecule has 0 bridgehead atoms. The van der Waals surface area contributed by atoms with Crippen LogP contribution in [0, 0.1) is 5.82 Å². The smallest absolute Gasteiger partial charge is 0.167 e. The summed E-state index contributed by atoms with van der Waals surface area (Å²) in [5.41, 5.74) is 0.162. The molecule has 1 heterocycles. The van der Waals surface area contributed by atoms with Gasteiger partial charge in [-0.05, 0) is 31.5 Å². The van der Waals surface area contributed by atoms with Gasteiger partial charge in [0.25, 0.3) is 0 Å². The van der Waals surface area contributed by atoms with Crippen LogP contribution in [0.4, 0.5) is 4.39 Å². The van der Waals surface area contributed by atoms with Crippen molar-refractivity contribution >= 4 is 5.78 Å². The number of carbonyl (C=O) groups is 1. The molecule has 0 amide bonds. The van der Waals surface area contributed by atoms with E-state index in [1.165, 1.54) is 12.1 Å². The summed E-state index contributed by atoms with van der Waals surface area (Å²) in [5, 5.41) is 9.52. The summed E-state index contributed by atoms with van der Waals surface area (Å²) in [6, 6.07) is 6.06. The minimum absolute atomic E-state index is 0.162. The fourth-order valence-corrected chi connectivity index (χ4v) is 2.32. The molecular weight excluding hydrogens is 233 g/mol.